The summed E-state index contributed by atoms with van der Waals surface area (Å²) in [6.45, 7) is 0.366. The molecule has 0 aromatic heterocycles. The summed E-state index contributed by atoms with van der Waals surface area (Å²) in [5.74, 6) is -1.23. The van der Waals surface area contributed by atoms with Crippen LogP contribution in [0, 0.1) is 21.2 Å². The summed E-state index contributed by atoms with van der Waals surface area (Å²) >= 11 is 2.16. The Morgan fingerprint density at radius 1 is 1.00 bits per heavy atom. The van der Waals surface area contributed by atoms with Gasteiger partial charge in [-0.15, -0.1) is 0 Å². The van der Waals surface area contributed by atoms with E-state index in [-0.39, 0.29) is 41.6 Å². The van der Waals surface area contributed by atoms with Gasteiger partial charge in [-0.3, -0.25) is 9.59 Å². The standard InChI is InChI=1S/C25H27FINO5S/c1-33-24(30)18-4-2-17(3-5-18)23(29)28-15-14-25(16-28,19-6-10-21(27)11-7-19)34(31,32)22-12-8-20(26)9-13-22/h6-13,17-18H,2-5,14-16H2,1H3/t17?,18?,25-/m0/s1. The van der Waals surface area contributed by atoms with Crippen molar-refractivity contribution in [2.45, 2.75) is 41.7 Å². The second-order valence-electron chi connectivity index (χ2n) is 9.04. The minimum Gasteiger partial charge on any atom is -0.469 e. The first-order valence-corrected chi connectivity index (χ1v) is 13.9. The van der Waals surface area contributed by atoms with Gasteiger partial charge < -0.3 is 9.64 Å². The highest BCUT2D eigenvalue weighted by atomic mass is 127. The number of hydrogen-bond donors (Lipinski definition) is 0. The number of likely N-dealkylation sites (tertiary alicyclic amines) is 1. The van der Waals surface area contributed by atoms with E-state index >= 15 is 0 Å². The molecule has 2 fully saturated rings. The molecule has 1 saturated carbocycles. The van der Waals surface area contributed by atoms with Crippen LogP contribution in [0.1, 0.15) is 37.7 Å². The number of amides is 1. The van der Waals surface area contributed by atoms with Crippen molar-refractivity contribution in [1.82, 2.24) is 4.90 Å². The molecule has 1 atom stereocenters. The molecule has 4 rings (SSSR count). The molecule has 2 aromatic rings. The zero-order valence-corrected chi connectivity index (χ0v) is 21.8. The Kier molecular flexibility index (Phi) is 7.33. The molecule has 0 spiro atoms. The smallest absolute Gasteiger partial charge is 0.308 e. The average Bonchev–Trinajstić information content (AvgIpc) is 3.31. The summed E-state index contributed by atoms with van der Waals surface area (Å²) in [6.07, 6.45) is 2.60. The Balaban J connectivity index is 1.62. The third-order valence-electron chi connectivity index (χ3n) is 7.16. The number of rotatable bonds is 5. The van der Waals surface area contributed by atoms with Gasteiger partial charge in [0.25, 0.3) is 0 Å². The molecule has 9 heteroatoms. The molecule has 182 valence electrons. The topological polar surface area (TPSA) is 80.8 Å². The van der Waals surface area contributed by atoms with Crippen molar-refractivity contribution in [3.63, 3.8) is 0 Å². The lowest BCUT2D eigenvalue weighted by Gasteiger charge is -2.32. The number of ether oxygens (including phenoxy) is 1. The predicted octanol–water partition coefficient (Wildman–Crippen LogP) is 4.31. The molecule has 1 aliphatic heterocycles. The van der Waals surface area contributed by atoms with Crippen molar-refractivity contribution < 1.29 is 27.1 Å². The highest BCUT2D eigenvalue weighted by Crippen LogP contribution is 2.44. The Labute approximate surface area is 212 Å². The van der Waals surface area contributed by atoms with E-state index < -0.39 is 20.4 Å². The van der Waals surface area contributed by atoms with Crippen LogP contribution in [0.2, 0.25) is 0 Å². The quantitative estimate of drug-likeness (QED) is 0.291. The van der Waals surface area contributed by atoms with Gasteiger partial charge in [0.1, 0.15) is 10.6 Å². The van der Waals surface area contributed by atoms with Gasteiger partial charge in [-0.1, -0.05) is 12.1 Å². The van der Waals surface area contributed by atoms with E-state index in [1.807, 2.05) is 12.1 Å². The lowest BCUT2D eigenvalue weighted by Crippen LogP contribution is -2.42. The van der Waals surface area contributed by atoms with Crippen LogP contribution in [0.4, 0.5) is 4.39 Å². The summed E-state index contributed by atoms with van der Waals surface area (Å²) in [5, 5.41) is 0. The number of sulfone groups is 1. The third kappa shape index (κ3) is 4.60. The van der Waals surface area contributed by atoms with Crippen LogP contribution < -0.4 is 0 Å². The van der Waals surface area contributed by atoms with Gasteiger partial charge in [-0.2, -0.15) is 0 Å². The number of methoxy groups -OCH3 is 1. The van der Waals surface area contributed by atoms with Crippen molar-refractivity contribution in [1.29, 1.82) is 0 Å². The fraction of sp³-hybridized carbons (Fsp3) is 0.440. The summed E-state index contributed by atoms with van der Waals surface area (Å²) in [5.41, 5.74) is 0.627. The van der Waals surface area contributed by atoms with Crippen LogP contribution >= 0.6 is 22.6 Å². The van der Waals surface area contributed by atoms with Gasteiger partial charge in [0.2, 0.25) is 5.91 Å². The maximum absolute atomic E-state index is 13.9. The molecule has 6 nitrogen and oxygen atoms in total. The molecule has 0 N–H and O–H groups in total. The van der Waals surface area contributed by atoms with Gasteiger partial charge >= 0.3 is 5.97 Å². The minimum atomic E-state index is -3.93. The first-order chi connectivity index (χ1) is 16.2. The maximum atomic E-state index is 13.9. The zero-order valence-electron chi connectivity index (χ0n) is 18.9. The van der Waals surface area contributed by atoms with Crippen molar-refractivity contribution in [3.05, 3.63) is 63.5 Å². The van der Waals surface area contributed by atoms with Gasteiger partial charge in [-0.05, 0) is 96.7 Å². The van der Waals surface area contributed by atoms with Crippen molar-refractivity contribution >= 4 is 44.3 Å². The van der Waals surface area contributed by atoms with Crippen LogP contribution in [-0.4, -0.2) is 45.4 Å². The predicted molar refractivity (Wildman–Crippen MR) is 133 cm³/mol. The van der Waals surface area contributed by atoms with E-state index in [0.29, 0.717) is 37.8 Å². The van der Waals surface area contributed by atoms with Gasteiger partial charge in [0.05, 0.1) is 17.9 Å². The van der Waals surface area contributed by atoms with Crippen LogP contribution in [0.15, 0.2) is 53.4 Å². The fourth-order valence-electron chi connectivity index (χ4n) is 5.17. The molecular formula is C25H27FINO5S. The van der Waals surface area contributed by atoms with E-state index in [0.717, 1.165) is 15.7 Å². The van der Waals surface area contributed by atoms with E-state index in [9.17, 15) is 22.4 Å². The van der Waals surface area contributed by atoms with Gasteiger partial charge in [-0.25, -0.2) is 12.8 Å². The Hall–Kier alpha value is -2.01. The monoisotopic (exact) mass is 599 g/mol. The molecule has 2 aliphatic rings. The molecule has 0 bridgehead atoms. The van der Waals surface area contributed by atoms with E-state index in [1.54, 1.807) is 17.0 Å². The van der Waals surface area contributed by atoms with Gasteiger partial charge in [0.15, 0.2) is 9.84 Å². The number of halogens is 2. The third-order valence-corrected chi connectivity index (χ3v) is 10.4. The number of benzene rings is 2. The van der Waals surface area contributed by atoms with Gasteiger partial charge in [0, 0.05) is 22.6 Å². The van der Waals surface area contributed by atoms with Crippen LogP contribution in [-0.2, 0) is 28.9 Å². The average molecular weight is 599 g/mol. The first-order valence-electron chi connectivity index (χ1n) is 11.3. The number of carbonyl (C=O) groups is 2. The van der Waals surface area contributed by atoms with E-state index in [2.05, 4.69) is 22.6 Å². The van der Waals surface area contributed by atoms with Crippen LogP contribution in [0.25, 0.3) is 0 Å². The molecule has 1 saturated heterocycles. The number of carbonyl (C=O) groups excluding carboxylic acids is 2. The summed E-state index contributed by atoms with van der Waals surface area (Å²) in [4.78, 5) is 26.9. The zero-order chi connectivity index (χ0) is 24.5. The molecule has 1 aliphatic carbocycles. The van der Waals surface area contributed by atoms with Crippen molar-refractivity contribution in [2.75, 3.05) is 20.2 Å². The first kappa shape index (κ1) is 25.1. The molecule has 0 unspecified atom stereocenters. The molecule has 0 radical (unpaired) electrons. The van der Waals surface area contributed by atoms with E-state index in [4.69, 9.17) is 4.74 Å². The van der Waals surface area contributed by atoms with Crippen molar-refractivity contribution in [2.24, 2.45) is 11.8 Å². The van der Waals surface area contributed by atoms with Crippen molar-refractivity contribution in [3.8, 4) is 0 Å². The Morgan fingerprint density at radius 2 is 1.59 bits per heavy atom. The SMILES string of the molecule is COC(=O)C1CCC(C(=O)N2CC[C@](c3ccc(I)cc3)(S(=O)(=O)c3ccc(F)cc3)C2)CC1. The highest BCUT2D eigenvalue weighted by molar-refractivity contribution is 14.1. The second kappa shape index (κ2) is 9.93. The van der Waals surface area contributed by atoms with Crippen LogP contribution in [0.5, 0.6) is 0 Å². The summed E-state index contributed by atoms with van der Waals surface area (Å²) in [7, 11) is -2.56. The highest BCUT2D eigenvalue weighted by Gasteiger charge is 2.52. The molecule has 34 heavy (non-hydrogen) atoms. The number of nitrogens with zero attached hydrogens (tertiary/aromatic N) is 1. The Bertz CT molecular complexity index is 1160. The van der Waals surface area contributed by atoms with Crippen LogP contribution in [0.3, 0.4) is 0 Å². The molecule has 2 aromatic carbocycles. The number of esters is 1. The molecule has 1 amide bonds. The normalized spacial score (nSPS) is 25.2. The minimum absolute atomic E-state index is 0.0420. The summed E-state index contributed by atoms with van der Waals surface area (Å²) in [6, 6.07) is 12.2. The van der Waals surface area contributed by atoms with E-state index in [1.165, 1.54) is 19.2 Å². The maximum Gasteiger partial charge on any atom is 0.308 e. The Morgan fingerprint density at radius 3 is 2.18 bits per heavy atom. The lowest BCUT2D eigenvalue weighted by atomic mass is 9.81. The summed E-state index contributed by atoms with van der Waals surface area (Å²) < 4.78 is 45.9. The fourth-order valence-corrected chi connectivity index (χ4v) is 7.61. The second-order valence-corrected chi connectivity index (χ2v) is 12.5. The molecule has 1 heterocycles. The number of hydrogen-bond acceptors (Lipinski definition) is 5. The lowest BCUT2D eigenvalue weighted by molar-refractivity contribution is -0.148. The largest absolute Gasteiger partial charge is 0.469 e. The molecular weight excluding hydrogens is 572 g/mol.